The molecule has 1 N–H and O–H groups in total. The third-order valence-electron chi connectivity index (χ3n) is 6.65. The number of benzene rings is 2. The number of hydrogen-bond acceptors (Lipinski definition) is 6. The minimum Gasteiger partial charge on any atom is -0.486 e. The van der Waals surface area contributed by atoms with Crippen LogP contribution in [0.1, 0.15) is 57.1 Å². The molecule has 9 nitrogen and oxygen atoms in total. The topological polar surface area (TPSA) is 105 Å². The minimum absolute atomic E-state index is 0.0984. The quantitative estimate of drug-likeness (QED) is 0.351. The van der Waals surface area contributed by atoms with E-state index in [1.807, 2.05) is 38.1 Å². The summed E-state index contributed by atoms with van der Waals surface area (Å²) in [6.07, 6.45) is 3.84. The third kappa shape index (κ3) is 8.61. The summed E-state index contributed by atoms with van der Waals surface area (Å²) >= 11 is 0. The maximum atomic E-state index is 13.5. The number of ether oxygens (including phenoxy) is 2. The summed E-state index contributed by atoms with van der Waals surface area (Å²) in [5.74, 6) is 0.708. The van der Waals surface area contributed by atoms with E-state index in [1.54, 1.807) is 23.1 Å². The molecule has 2 aromatic rings. The number of hydrogen-bond donors (Lipinski definition) is 1. The van der Waals surface area contributed by atoms with Crippen LogP contribution in [0, 0.1) is 6.92 Å². The van der Waals surface area contributed by atoms with Gasteiger partial charge in [0.1, 0.15) is 19.3 Å². The molecule has 1 aliphatic heterocycles. The maximum absolute atomic E-state index is 13.5. The van der Waals surface area contributed by atoms with Gasteiger partial charge in [-0.25, -0.2) is 8.42 Å². The van der Waals surface area contributed by atoms with Gasteiger partial charge >= 0.3 is 0 Å². The molecule has 2 aromatic carbocycles. The molecule has 1 aliphatic rings. The molecule has 0 bridgehead atoms. The molecule has 0 unspecified atom stereocenters. The molecule has 3 rings (SSSR count). The second-order valence-corrected chi connectivity index (χ2v) is 11.7. The second-order valence-electron chi connectivity index (χ2n) is 9.84. The summed E-state index contributed by atoms with van der Waals surface area (Å²) in [5.41, 5.74) is 2.50. The molecule has 0 aromatic heterocycles. The first kappa shape index (κ1) is 30.3. The van der Waals surface area contributed by atoms with Gasteiger partial charge in [-0.1, -0.05) is 50.1 Å². The van der Waals surface area contributed by atoms with Crippen molar-refractivity contribution < 1.29 is 27.5 Å². The number of anilines is 1. The first-order chi connectivity index (χ1) is 18.6. The molecule has 0 spiro atoms. The first-order valence-electron chi connectivity index (χ1n) is 13.6. The highest BCUT2D eigenvalue weighted by Gasteiger charge is 2.29. The summed E-state index contributed by atoms with van der Waals surface area (Å²) in [5, 5.41) is 2.96. The SMILES string of the molecule is CCCCNC(=O)[C@H](CC)N(Cc1ccc(C)cc1)C(=O)CCCN(c1ccc2c(c1)OCCO2)S(C)(=O)=O. The molecule has 0 fully saturated rings. The van der Waals surface area contributed by atoms with E-state index >= 15 is 0 Å². The number of rotatable bonds is 14. The number of nitrogens with one attached hydrogen (secondary N) is 1. The minimum atomic E-state index is -3.61. The van der Waals surface area contributed by atoms with Crippen LogP contribution in [-0.4, -0.2) is 63.7 Å². The molecule has 1 atom stereocenters. The fraction of sp³-hybridized carbons (Fsp3) is 0.517. The summed E-state index contributed by atoms with van der Waals surface area (Å²) in [4.78, 5) is 28.2. The van der Waals surface area contributed by atoms with E-state index < -0.39 is 16.1 Å². The van der Waals surface area contributed by atoms with Crippen molar-refractivity contribution in [1.29, 1.82) is 0 Å². The maximum Gasteiger partial charge on any atom is 0.242 e. The molecule has 0 aliphatic carbocycles. The zero-order valence-electron chi connectivity index (χ0n) is 23.4. The van der Waals surface area contributed by atoms with E-state index in [2.05, 4.69) is 12.2 Å². The molecule has 0 saturated heterocycles. The van der Waals surface area contributed by atoms with Crippen molar-refractivity contribution in [3.63, 3.8) is 0 Å². The summed E-state index contributed by atoms with van der Waals surface area (Å²) in [6.45, 7) is 7.77. The number of sulfonamides is 1. The van der Waals surface area contributed by atoms with Crippen molar-refractivity contribution in [2.45, 2.75) is 65.5 Å². The van der Waals surface area contributed by atoms with Crippen molar-refractivity contribution in [3.8, 4) is 11.5 Å². The van der Waals surface area contributed by atoms with Crippen molar-refractivity contribution in [3.05, 3.63) is 53.6 Å². The predicted molar refractivity (Wildman–Crippen MR) is 153 cm³/mol. The van der Waals surface area contributed by atoms with E-state index in [-0.39, 0.29) is 24.8 Å². The van der Waals surface area contributed by atoms with Gasteiger partial charge in [0.25, 0.3) is 0 Å². The molecule has 1 heterocycles. The van der Waals surface area contributed by atoms with E-state index in [4.69, 9.17) is 9.47 Å². The van der Waals surface area contributed by atoms with Gasteiger partial charge < -0.3 is 19.7 Å². The second kappa shape index (κ2) is 14.2. The largest absolute Gasteiger partial charge is 0.486 e. The average molecular weight is 560 g/mol. The van der Waals surface area contributed by atoms with E-state index in [1.165, 1.54) is 4.31 Å². The van der Waals surface area contributed by atoms with Gasteiger partial charge in [-0.05, 0) is 43.9 Å². The molecule has 214 valence electrons. The lowest BCUT2D eigenvalue weighted by molar-refractivity contribution is -0.141. The Labute approximate surface area is 232 Å². The highest BCUT2D eigenvalue weighted by atomic mass is 32.2. The Morgan fingerprint density at radius 1 is 1.00 bits per heavy atom. The number of fused-ring (bicyclic) bond motifs is 1. The van der Waals surface area contributed by atoms with Crippen LogP contribution in [-0.2, 0) is 26.2 Å². The van der Waals surface area contributed by atoms with Crippen LogP contribution in [0.2, 0.25) is 0 Å². The van der Waals surface area contributed by atoms with Crippen LogP contribution < -0.4 is 19.1 Å². The average Bonchev–Trinajstić information content (AvgIpc) is 2.91. The number of unbranched alkanes of at least 4 members (excludes halogenated alkanes) is 1. The Hall–Kier alpha value is -3.27. The van der Waals surface area contributed by atoms with Gasteiger partial charge in [0.15, 0.2) is 11.5 Å². The van der Waals surface area contributed by atoms with Crippen LogP contribution in [0.25, 0.3) is 0 Å². The molecule has 0 saturated carbocycles. The third-order valence-corrected chi connectivity index (χ3v) is 7.85. The summed E-state index contributed by atoms with van der Waals surface area (Å²) in [7, 11) is -3.61. The Balaban J connectivity index is 1.74. The Morgan fingerprint density at radius 2 is 1.69 bits per heavy atom. The van der Waals surface area contributed by atoms with Gasteiger partial charge in [-0.3, -0.25) is 13.9 Å². The molecule has 0 radical (unpaired) electrons. The van der Waals surface area contributed by atoms with Crippen LogP contribution in [0.5, 0.6) is 11.5 Å². The molecular formula is C29H41N3O6S. The van der Waals surface area contributed by atoms with Crippen molar-refractivity contribution in [1.82, 2.24) is 10.2 Å². The molecule has 10 heteroatoms. The van der Waals surface area contributed by atoms with Gasteiger partial charge in [0, 0.05) is 32.1 Å². The number of nitrogens with zero attached hydrogens (tertiary/aromatic N) is 2. The number of carbonyl (C=O) groups excluding carboxylic acids is 2. The summed E-state index contributed by atoms with van der Waals surface area (Å²) in [6, 6.07) is 12.3. The van der Waals surface area contributed by atoms with Crippen LogP contribution in [0.4, 0.5) is 5.69 Å². The standard InChI is InChI=1S/C29H41N3O6S/c1-5-7-16-30-29(34)25(6-2)31(21-23-12-10-22(3)11-13-23)28(33)9-8-17-32(39(4,35)36)24-14-15-26-27(20-24)38-19-18-37-26/h10-15,20,25H,5-9,16-19,21H2,1-4H3,(H,30,34)/t25-/m0/s1. The molecule has 2 amide bonds. The zero-order chi connectivity index (χ0) is 28.4. The smallest absolute Gasteiger partial charge is 0.242 e. The molecule has 39 heavy (non-hydrogen) atoms. The first-order valence-corrected chi connectivity index (χ1v) is 15.5. The van der Waals surface area contributed by atoms with Crippen LogP contribution >= 0.6 is 0 Å². The monoisotopic (exact) mass is 559 g/mol. The number of carbonyl (C=O) groups is 2. The predicted octanol–water partition coefficient (Wildman–Crippen LogP) is 4.04. The van der Waals surface area contributed by atoms with E-state index in [0.717, 1.165) is 30.2 Å². The normalized spacial score (nSPS) is 13.4. The fourth-order valence-corrected chi connectivity index (χ4v) is 5.46. The lowest BCUT2D eigenvalue weighted by atomic mass is 10.1. The summed E-state index contributed by atoms with van der Waals surface area (Å²) < 4.78 is 37.7. The Morgan fingerprint density at radius 3 is 2.33 bits per heavy atom. The van der Waals surface area contributed by atoms with Gasteiger partial charge in [-0.2, -0.15) is 0 Å². The van der Waals surface area contributed by atoms with E-state index in [0.29, 0.717) is 56.3 Å². The highest BCUT2D eigenvalue weighted by Crippen LogP contribution is 2.34. The Bertz CT molecular complexity index is 1220. The van der Waals surface area contributed by atoms with E-state index in [9.17, 15) is 18.0 Å². The lowest BCUT2D eigenvalue weighted by Crippen LogP contribution is -2.49. The van der Waals surface area contributed by atoms with Gasteiger partial charge in [0.2, 0.25) is 21.8 Å². The van der Waals surface area contributed by atoms with Crippen molar-refractivity contribution in [2.75, 3.05) is 36.9 Å². The lowest BCUT2D eigenvalue weighted by Gasteiger charge is -2.31. The fourth-order valence-electron chi connectivity index (χ4n) is 4.51. The highest BCUT2D eigenvalue weighted by molar-refractivity contribution is 7.92. The zero-order valence-corrected chi connectivity index (χ0v) is 24.3. The van der Waals surface area contributed by atoms with Crippen molar-refractivity contribution in [2.24, 2.45) is 0 Å². The Kier molecular flexibility index (Phi) is 11.0. The van der Waals surface area contributed by atoms with Crippen LogP contribution in [0.3, 0.4) is 0 Å². The van der Waals surface area contributed by atoms with Gasteiger partial charge in [-0.15, -0.1) is 0 Å². The number of amides is 2. The van der Waals surface area contributed by atoms with Gasteiger partial charge in [0.05, 0.1) is 11.9 Å². The van der Waals surface area contributed by atoms with Crippen LogP contribution in [0.15, 0.2) is 42.5 Å². The molecular weight excluding hydrogens is 518 g/mol. The number of aryl methyl sites for hydroxylation is 1. The van der Waals surface area contributed by atoms with Crippen molar-refractivity contribution >= 4 is 27.5 Å².